The van der Waals surface area contributed by atoms with Crippen molar-refractivity contribution in [3.05, 3.63) is 52.2 Å². The Morgan fingerprint density at radius 2 is 1.95 bits per heavy atom. The Labute approximate surface area is 119 Å². The van der Waals surface area contributed by atoms with Crippen LogP contribution in [0.15, 0.2) is 35.4 Å². The molecule has 1 unspecified atom stereocenters. The number of nitrogens with one attached hydrogen (secondary N) is 1. The minimum Gasteiger partial charge on any atom is -0.309 e. The molecule has 20 heavy (non-hydrogen) atoms. The van der Waals surface area contributed by atoms with Crippen LogP contribution in [0.3, 0.4) is 0 Å². The molecule has 1 atom stereocenters. The molecule has 0 spiro atoms. The molecule has 0 saturated carbocycles. The van der Waals surface area contributed by atoms with Crippen LogP contribution in [-0.2, 0) is 20.0 Å². The largest absolute Gasteiger partial charge is 0.345 e. The van der Waals surface area contributed by atoms with Gasteiger partial charge >= 0.3 is 5.69 Å². The lowest BCUT2D eigenvalue weighted by atomic mass is 10.0. The molecule has 0 aliphatic heterocycles. The van der Waals surface area contributed by atoms with Gasteiger partial charge in [0.2, 0.25) is 0 Å². The van der Waals surface area contributed by atoms with E-state index in [1.165, 1.54) is 20.4 Å². The van der Waals surface area contributed by atoms with Gasteiger partial charge in [0.05, 0.1) is 12.6 Å². The van der Waals surface area contributed by atoms with E-state index >= 15 is 0 Å². The minimum absolute atomic E-state index is 0.0851. The van der Waals surface area contributed by atoms with Gasteiger partial charge in [-0.25, -0.2) is 9.48 Å². The quantitative estimate of drug-likeness (QED) is 0.868. The van der Waals surface area contributed by atoms with Crippen molar-refractivity contribution in [2.45, 2.75) is 32.9 Å². The zero-order valence-corrected chi connectivity index (χ0v) is 12.3. The Kier molecular flexibility index (Phi) is 4.74. The molecule has 0 saturated heterocycles. The van der Waals surface area contributed by atoms with E-state index in [-0.39, 0.29) is 11.7 Å². The molecule has 0 fully saturated rings. The third kappa shape index (κ3) is 3.17. The highest BCUT2D eigenvalue weighted by atomic mass is 16.2. The first-order valence-electron chi connectivity index (χ1n) is 7.06. The van der Waals surface area contributed by atoms with Gasteiger partial charge in [-0.15, -0.1) is 0 Å². The highest BCUT2D eigenvalue weighted by Gasteiger charge is 2.13. The number of nitrogens with zero attached hydrogens (tertiary/aromatic N) is 3. The summed E-state index contributed by atoms with van der Waals surface area (Å²) in [4.78, 5) is 11.9. The van der Waals surface area contributed by atoms with Gasteiger partial charge in [-0.1, -0.05) is 38.1 Å². The average Bonchev–Trinajstić information content (AvgIpc) is 2.79. The summed E-state index contributed by atoms with van der Waals surface area (Å²) in [6.07, 6.45) is 2.58. The van der Waals surface area contributed by atoms with Gasteiger partial charge in [0.1, 0.15) is 6.33 Å². The summed E-state index contributed by atoms with van der Waals surface area (Å²) in [5, 5.41) is 7.54. The summed E-state index contributed by atoms with van der Waals surface area (Å²) in [7, 11) is 1.71. The molecule has 1 aromatic carbocycles. The molecule has 0 bridgehead atoms. The van der Waals surface area contributed by atoms with E-state index in [1.807, 2.05) is 0 Å². The SMILES string of the molecule is CCNC(Cn1ncn(C)c1=O)c1ccc(CC)cc1. The van der Waals surface area contributed by atoms with Gasteiger partial charge in [-0.3, -0.25) is 4.57 Å². The highest BCUT2D eigenvalue weighted by Crippen LogP contribution is 2.15. The molecule has 0 radical (unpaired) electrons. The standard InChI is InChI=1S/C15H22N4O/c1-4-12-6-8-13(9-7-12)14(16-5-2)10-19-15(20)18(3)11-17-19/h6-9,11,14,16H,4-5,10H2,1-3H3. The van der Waals surface area contributed by atoms with Crippen LogP contribution < -0.4 is 11.0 Å². The Hall–Kier alpha value is -1.88. The molecule has 2 aromatic rings. The first-order valence-corrected chi connectivity index (χ1v) is 7.06. The number of rotatable bonds is 6. The first-order chi connectivity index (χ1) is 9.65. The second kappa shape index (κ2) is 6.52. The lowest BCUT2D eigenvalue weighted by Crippen LogP contribution is -2.31. The van der Waals surface area contributed by atoms with E-state index in [0.29, 0.717) is 6.54 Å². The minimum atomic E-state index is -0.0851. The van der Waals surface area contributed by atoms with Gasteiger partial charge in [0.25, 0.3) is 0 Å². The Bertz CT molecular complexity index is 597. The molecule has 0 aliphatic rings. The fourth-order valence-electron chi connectivity index (χ4n) is 2.24. The molecule has 0 aliphatic carbocycles. The second-order valence-corrected chi connectivity index (χ2v) is 4.91. The normalized spacial score (nSPS) is 12.6. The lowest BCUT2D eigenvalue weighted by Gasteiger charge is -2.18. The van der Waals surface area contributed by atoms with Crippen molar-refractivity contribution < 1.29 is 0 Å². The summed E-state index contributed by atoms with van der Waals surface area (Å²) in [5.74, 6) is 0. The first kappa shape index (κ1) is 14.5. The molecule has 1 N–H and O–H groups in total. The van der Waals surface area contributed by atoms with Crippen LogP contribution in [0.4, 0.5) is 0 Å². The second-order valence-electron chi connectivity index (χ2n) is 4.91. The summed E-state index contributed by atoms with van der Waals surface area (Å²) in [5.41, 5.74) is 2.42. The van der Waals surface area contributed by atoms with E-state index in [4.69, 9.17) is 0 Å². The monoisotopic (exact) mass is 274 g/mol. The lowest BCUT2D eigenvalue weighted by molar-refractivity contribution is 0.437. The topological polar surface area (TPSA) is 51.9 Å². The maximum Gasteiger partial charge on any atom is 0.345 e. The molecular weight excluding hydrogens is 252 g/mol. The number of likely N-dealkylation sites (N-methyl/N-ethyl adjacent to an activating group) is 1. The van der Waals surface area contributed by atoms with Crippen molar-refractivity contribution in [1.82, 2.24) is 19.7 Å². The summed E-state index contributed by atoms with van der Waals surface area (Å²) in [6.45, 7) is 5.60. The van der Waals surface area contributed by atoms with Crippen LogP contribution in [0, 0.1) is 0 Å². The van der Waals surface area contributed by atoms with Crippen LogP contribution in [-0.4, -0.2) is 20.9 Å². The third-order valence-corrected chi connectivity index (χ3v) is 3.48. The number of aryl methyl sites for hydroxylation is 2. The van der Waals surface area contributed by atoms with Crippen molar-refractivity contribution in [3.8, 4) is 0 Å². The predicted octanol–water partition coefficient (Wildman–Crippen LogP) is 1.49. The van der Waals surface area contributed by atoms with E-state index in [2.05, 4.69) is 48.5 Å². The number of aromatic nitrogens is 3. The van der Waals surface area contributed by atoms with Gasteiger partial charge < -0.3 is 5.32 Å². The highest BCUT2D eigenvalue weighted by molar-refractivity contribution is 5.25. The molecule has 5 nitrogen and oxygen atoms in total. The fourth-order valence-corrected chi connectivity index (χ4v) is 2.24. The van der Waals surface area contributed by atoms with Gasteiger partial charge in [-0.2, -0.15) is 5.10 Å². The number of hydrogen-bond acceptors (Lipinski definition) is 3. The average molecular weight is 274 g/mol. The van der Waals surface area contributed by atoms with Crippen molar-refractivity contribution in [2.75, 3.05) is 6.54 Å². The molecule has 5 heteroatoms. The zero-order chi connectivity index (χ0) is 14.5. The van der Waals surface area contributed by atoms with Gasteiger partial charge in [-0.05, 0) is 24.1 Å². The van der Waals surface area contributed by atoms with E-state index < -0.39 is 0 Å². The number of hydrogen-bond donors (Lipinski definition) is 1. The van der Waals surface area contributed by atoms with Crippen LogP contribution in [0.25, 0.3) is 0 Å². The fraction of sp³-hybridized carbons (Fsp3) is 0.467. The van der Waals surface area contributed by atoms with Crippen LogP contribution in [0.5, 0.6) is 0 Å². The summed E-state index contributed by atoms with van der Waals surface area (Å²) < 4.78 is 2.99. The Balaban J connectivity index is 2.21. The van der Waals surface area contributed by atoms with Gasteiger partial charge in [0.15, 0.2) is 0 Å². The smallest absolute Gasteiger partial charge is 0.309 e. The van der Waals surface area contributed by atoms with Crippen molar-refractivity contribution >= 4 is 0 Å². The summed E-state index contributed by atoms with van der Waals surface area (Å²) in [6, 6.07) is 8.63. The Morgan fingerprint density at radius 3 is 2.45 bits per heavy atom. The molecule has 108 valence electrons. The maximum absolute atomic E-state index is 11.9. The van der Waals surface area contributed by atoms with Crippen LogP contribution in [0.2, 0.25) is 0 Å². The zero-order valence-electron chi connectivity index (χ0n) is 12.3. The number of benzene rings is 1. The third-order valence-electron chi connectivity index (χ3n) is 3.48. The molecule has 1 aromatic heterocycles. The van der Waals surface area contributed by atoms with E-state index in [1.54, 1.807) is 13.4 Å². The van der Waals surface area contributed by atoms with E-state index in [9.17, 15) is 4.79 Å². The molecule has 0 amide bonds. The van der Waals surface area contributed by atoms with Crippen molar-refractivity contribution in [3.63, 3.8) is 0 Å². The summed E-state index contributed by atoms with van der Waals surface area (Å²) >= 11 is 0. The molecule has 2 rings (SSSR count). The van der Waals surface area contributed by atoms with Crippen LogP contribution >= 0.6 is 0 Å². The molecule has 1 heterocycles. The van der Waals surface area contributed by atoms with E-state index in [0.717, 1.165) is 13.0 Å². The van der Waals surface area contributed by atoms with Crippen molar-refractivity contribution in [2.24, 2.45) is 7.05 Å². The van der Waals surface area contributed by atoms with Crippen LogP contribution in [0.1, 0.15) is 31.0 Å². The molecular formula is C15H22N4O. The maximum atomic E-state index is 11.9. The Morgan fingerprint density at radius 1 is 1.25 bits per heavy atom. The predicted molar refractivity (Wildman–Crippen MR) is 79.7 cm³/mol. The van der Waals surface area contributed by atoms with Gasteiger partial charge in [0, 0.05) is 7.05 Å². The van der Waals surface area contributed by atoms with Crippen molar-refractivity contribution in [1.29, 1.82) is 0 Å².